The quantitative estimate of drug-likeness (QED) is 0.890. The molecule has 19 heavy (non-hydrogen) atoms. The summed E-state index contributed by atoms with van der Waals surface area (Å²) in [6.45, 7) is 5.06. The van der Waals surface area contributed by atoms with Gasteiger partial charge in [0.2, 0.25) is 0 Å². The van der Waals surface area contributed by atoms with E-state index < -0.39 is 0 Å². The molecule has 0 spiro atoms. The van der Waals surface area contributed by atoms with Crippen molar-refractivity contribution in [3.63, 3.8) is 0 Å². The third-order valence-corrected chi connectivity index (χ3v) is 3.29. The minimum atomic E-state index is 0.427. The van der Waals surface area contributed by atoms with E-state index in [2.05, 4.69) is 34.5 Å². The van der Waals surface area contributed by atoms with Gasteiger partial charge in [0, 0.05) is 18.8 Å². The lowest BCUT2D eigenvalue weighted by atomic mass is 10.1. The van der Waals surface area contributed by atoms with E-state index >= 15 is 0 Å². The van der Waals surface area contributed by atoms with Gasteiger partial charge in [0.25, 0.3) is 0 Å². The van der Waals surface area contributed by atoms with Gasteiger partial charge in [-0.2, -0.15) is 10.2 Å². The largest absolute Gasteiger partial charge is 0.308 e. The van der Waals surface area contributed by atoms with Crippen molar-refractivity contribution < 1.29 is 0 Å². The average Bonchev–Trinajstić information content (AvgIpc) is 3.11. The van der Waals surface area contributed by atoms with Crippen molar-refractivity contribution in [1.29, 1.82) is 0 Å². The summed E-state index contributed by atoms with van der Waals surface area (Å²) in [7, 11) is 0. The van der Waals surface area contributed by atoms with Crippen molar-refractivity contribution in [2.24, 2.45) is 0 Å². The highest BCUT2D eigenvalue weighted by molar-refractivity contribution is 5.22. The van der Waals surface area contributed by atoms with Crippen molar-refractivity contribution in [2.45, 2.75) is 45.2 Å². The molecule has 3 rings (SSSR count). The molecule has 1 saturated carbocycles. The molecule has 5 nitrogen and oxygen atoms in total. The van der Waals surface area contributed by atoms with Gasteiger partial charge in [0.15, 0.2) is 5.82 Å². The predicted molar refractivity (Wildman–Crippen MR) is 73.1 cm³/mol. The van der Waals surface area contributed by atoms with Crippen LogP contribution in [-0.2, 0) is 6.54 Å². The smallest absolute Gasteiger partial charge is 0.175 e. The number of aromatic nitrogens is 4. The molecule has 2 aromatic rings. The summed E-state index contributed by atoms with van der Waals surface area (Å²) in [6.07, 6.45) is 4.51. The molecule has 5 heteroatoms. The average molecular weight is 257 g/mol. The fourth-order valence-corrected chi connectivity index (χ4v) is 1.88. The Bertz CT molecular complexity index is 539. The SMILES string of the molecule is CC(C)c1ccn(-c2ccc(CNC3CC3)nn2)n1. The number of rotatable bonds is 5. The molecule has 0 bridgehead atoms. The van der Waals surface area contributed by atoms with Crippen LogP contribution in [0.1, 0.15) is 44.0 Å². The van der Waals surface area contributed by atoms with E-state index in [4.69, 9.17) is 0 Å². The standard InChI is InChI=1S/C14H19N5/c1-10(2)13-7-8-19(18-13)14-6-5-12(16-17-14)9-15-11-3-4-11/h5-8,10-11,15H,3-4,9H2,1-2H3. The Kier molecular flexibility index (Phi) is 3.29. The maximum atomic E-state index is 4.49. The molecule has 2 heterocycles. The topological polar surface area (TPSA) is 55.6 Å². The molecule has 0 radical (unpaired) electrons. The Morgan fingerprint density at radius 3 is 2.68 bits per heavy atom. The van der Waals surface area contributed by atoms with Crippen molar-refractivity contribution >= 4 is 0 Å². The van der Waals surface area contributed by atoms with E-state index in [-0.39, 0.29) is 0 Å². The molecule has 1 aliphatic rings. The van der Waals surface area contributed by atoms with Crippen LogP contribution in [-0.4, -0.2) is 26.0 Å². The molecule has 0 aliphatic heterocycles. The van der Waals surface area contributed by atoms with Gasteiger partial charge in [0.05, 0.1) is 11.4 Å². The van der Waals surface area contributed by atoms with Gasteiger partial charge in [-0.15, -0.1) is 5.10 Å². The zero-order valence-corrected chi connectivity index (χ0v) is 11.4. The molecule has 1 N–H and O–H groups in total. The number of hydrogen-bond acceptors (Lipinski definition) is 4. The van der Waals surface area contributed by atoms with E-state index in [0.717, 1.165) is 23.8 Å². The van der Waals surface area contributed by atoms with E-state index in [9.17, 15) is 0 Å². The molecule has 2 aromatic heterocycles. The minimum absolute atomic E-state index is 0.427. The first-order chi connectivity index (χ1) is 9.22. The summed E-state index contributed by atoms with van der Waals surface area (Å²) in [6, 6.07) is 6.69. The maximum absolute atomic E-state index is 4.49. The van der Waals surface area contributed by atoms with Crippen molar-refractivity contribution in [1.82, 2.24) is 25.3 Å². The fraction of sp³-hybridized carbons (Fsp3) is 0.500. The zero-order chi connectivity index (χ0) is 13.2. The normalized spacial score (nSPS) is 15.1. The lowest BCUT2D eigenvalue weighted by molar-refractivity contribution is 0.660. The zero-order valence-electron chi connectivity index (χ0n) is 11.4. The maximum Gasteiger partial charge on any atom is 0.175 e. The van der Waals surface area contributed by atoms with Gasteiger partial charge in [-0.1, -0.05) is 13.8 Å². The highest BCUT2D eigenvalue weighted by atomic mass is 15.3. The van der Waals surface area contributed by atoms with Crippen molar-refractivity contribution in [2.75, 3.05) is 0 Å². The van der Waals surface area contributed by atoms with Crippen LogP contribution in [0.3, 0.4) is 0 Å². The Balaban J connectivity index is 1.69. The van der Waals surface area contributed by atoms with E-state index in [0.29, 0.717) is 12.0 Å². The first kappa shape index (κ1) is 12.3. The summed E-state index contributed by atoms with van der Waals surface area (Å²) in [5.41, 5.74) is 2.05. The van der Waals surface area contributed by atoms with Gasteiger partial charge in [0.1, 0.15) is 0 Å². The molecule has 1 aliphatic carbocycles. The second-order valence-electron chi connectivity index (χ2n) is 5.38. The molecule has 0 amide bonds. The van der Waals surface area contributed by atoms with Crippen molar-refractivity contribution in [3.8, 4) is 5.82 Å². The number of hydrogen-bond donors (Lipinski definition) is 1. The van der Waals surface area contributed by atoms with E-state index in [1.54, 1.807) is 4.68 Å². The van der Waals surface area contributed by atoms with Crippen LogP contribution >= 0.6 is 0 Å². The third kappa shape index (κ3) is 2.98. The summed E-state index contributed by atoms with van der Waals surface area (Å²) in [5, 5.41) is 16.4. The molecular formula is C14H19N5. The van der Waals surface area contributed by atoms with Crippen LogP contribution in [0.15, 0.2) is 24.4 Å². The monoisotopic (exact) mass is 257 g/mol. The predicted octanol–water partition coefficient (Wildman–Crippen LogP) is 2.04. The van der Waals surface area contributed by atoms with Gasteiger partial charge in [-0.3, -0.25) is 0 Å². The van der Waals surface area contributed by atoms with Gasteiger partial charge in [-0.05, 0) is 37.0 Å². The molecule has 1 fully saturated rings. The Morgan fingerprint density at radius 1 is 1.26 bits per heavy atom. The summed E-state index contributed by atoms with van der Waals surface area (Å²) in [5.74, 6) is 1.19. The lowest BCUT2D eigenvalue weighted by Crippen LogP contribution is -2.16. The lowest BCUT2D eigenvalue weighted by Gasteiger charge is -2.03. The van der Waals surface area contributed by atoms with Crippen molar-refractivity contribution in [3.05, 3.63) is 35.8 Å². The fourth-order valence-electron chi connectivity index (χ4n) is 1.88. The van der Waals surface area contributed by atoms with E-state index in [1.165, 1.54) is 12.8 Å². The first-order valence-corrected chi connectivity index (χ1v) is 6.84. The Morgan fingerprint density at radius 2 is 2.11 bits per heavy atom. The second kappa shape index (κ2) is 5.09. The Hall–Kier alpha value is -1.75. The highest BCUT2D eigenvalue weighted by Crippen LogP contribution is 2.19. The highest BCUT2D eigenvalue weighted by Gasteiger charge is 2.20. The van der Waals surface area contributed by atoms with Gasteiger partial charge in [-0.25, -0.2) is 4.68 Å². The summed E-state index contributed by atoms with van der Waals surface area (Å²) in [4.78, 5) is 0. The molecule has 0 atom stereocenters. The second-order valence-corrected chi connectivity index (χ2v) is 5.38. The summed E-state index contributed by atoms with van der Waals surface area (Å²) < 4.78 is 1.78. The Labute approximate surface area is 113 Å². The van der Waals surface area contributed by atoms with Crippen LogP contribution in [0.4, 0.5) is 0 Å². The van der Waals surface area contributed by atoms with Crippen LogP contribution in [0.25, 0.3) is 5.82 Å². The van der Waals surface area contributed by atoms with Crippen LogP contribution < -0.4 is 5.32 Å². The first-order valence-electron chi connectivity index (χ1n) is 6.84. The molecule has 100 valence electrons. The van der Waals surface area contributed by atoms with E-state index in [1.807, 2.05) is 24.4 Å². The van der Waals surface area contributed by atoms with Crippen LogP contribution in [0.5, 0.6) is 0 Å². The van der Waals surface area contributed by atoms with Gasteiger partial charge >= 0.3 is 0 Å². The van der Waals surface area contributed by atoms with Gasteiger partial charge < -0.3 is 5.32 Å². The molecule has 0 aromatic carbocycles. The molecule has 0 saturated heterocycles. The third-order valence-electron chi connectivity index (χ3n) is 3.29. The number of nitrogens with zero attached hydrogens (tertiary/aromatic N) is 4. The minimum Gasteiger partial charge on any atom is -0.308 e. The summed E-state index contributed by atoms with van der Waals surface area (Å²) >= 11 is 0. The molecule has 0 unspecified atom stereocenters. The number of nitrogens with one attached hydrogen (secondary N) is 1. The van der Waals surface area contributed by atoms with Crippen LogP contribution in [0, 0.1) is 0 Å². The molecular weight excluding hydrogens is 238 g/mol. The van der Waals surface area contributed by atoms with Crippen LogP contribution in [0.2, 0.25) is 0 Å².